The molecule has 0 aliphatic rings. The Hall–Kier alpha value is -2.03. The number of fused-ring (bicyclic) bond motifs is 1. The number of hydrogen-bond donors (Lipinski definition) is 2. The zero-order chi connectivity index (χ0) is 12.3. The van der Waals surface area contributed by atoms with Crippen LogP contribution in [0.1, 0.15) is 22.5 Å². The molecule has 0 saturated carbocycles. The maximum atomic E-state index is 12.1. The van der Waals surface area contributed by atoms with Crippen molar-refractivity contribution in [3.8, 4) is 0 Å². The van der Waals surface area contributed by atoms with Gasteiger partial charge in [-0.25, -0.2) is 0 Å². The van der Waals surface area contributed by atoms with Gasteiger partial charge in [0.2, 0.25) is 0 Å². The Morgan fingerprint density at radius 2 is 2.24 bits per heavy atom. The Labute approximate surface area is 101 Å². The Morgan fingerprint density at radius 1 is 1.47 bits per heavy atom. The number of benzene rings is 1. The molecular formula is C14H16N2O. The van der Waals surface area contributed by atoms with E-state index in [1.54, 1.807) is 6.08 Å². The zero-order valence-corrected chi connectivity index (χ0v) is 9.92. The van der Waals surface area contributed by atoms with E-state index in [4.69, 9.17) is 0 Å². The summed E-state index contributed by atoms with van der Waals surface area (Å²) in [6.07, 6.45) is 2.58. The van der Waals surface area contributed by atoms with Gasteiger partial charge in [0.1, 0.15) is 0 Å². The van der Waals surface area contributed by atoms with E-state index >= 15 is 0 Å². The maximum absolute atomic E-state index is 12.1. The van der Waals surface area contributed by atoms with Crippen molar-refractivity contribution >= 4 is 16.8 Å². The fourth-order valence-corrected chi connectivity index (χ4v) is 1.95. The summed E-state index contributed by atoms with van der Waals surface area (Å²) < 4.78 is 0. The van der Waals surface area contributed by atoms with Gasteiger partial charge in [0.15, 0.2) is 0 Å². The summed E-state index contributed by atoms with van der Waals surface area (Å²) in [4.78, 5) is 15.3. The molecule has 1 aromatic heterocycles. The number of carbonyl (C=O) groups excluding carboxylic acids is 1. The van der Waals surface area contributed by atoms with Crippen LogP contribution in [0, 0.1) is 6.92 Å². The number of hydrogen-bond acceptors (Lipinski definition) is 1. The third-order valence-corrected chi connectivity index (χ3v) is 2.75. The van der Waals surface area contributed by atoms with E-state index in [0.717, 1.165) is 28.6 Å². The van der Waals surface area contributed by atoms with Crippen LogP contribution >= 0.6 is 0 Å². The summed E-state index contributed by atoms with van der Waals surface area (Å²) in [5.41, 5.74) is 2.64. The first kappa shape index (κ1) is 11.5. The topological polar surface area (TPSA) is 44.9 Å². The first-order chi connectivity index (χ1) is 8.24. The summed E-state index contributed by atoms with van der Waals surface area (Å²) in [6, 6.07) is 7.83. The Morgan fingerprint density at radius 3 is 3.00 bits per heavy atom. The molecule has 0 aliphatic heterocycles. The predicted octanol–water partition coefficient (Wildman–Crippen LogP) is 2.78. The molecule has 0 atom stereocenters. The quantitative estimate of drug-likeness (QED) is 0.613. The summed E-state index contributed by atoms with van der Waals surface area (Å²) >= 11 is 0. The summed E-state index contributed by atoms with van der Waals surface area (Å²) in [5, 5.41) is 3.86. The molecule has 0 fully saturated rings. The summed E-state index contributed by atoms with van der Waals surface area (Å²) in [6.45, 7) is 6.18. The molecule has 2 aromatic rings. The van der Waals surface area contributed by atoms with Crippen LogP contribution in [0.25, 0.3) is 10.9 Å². The fraction of sp³-hybridized carbons (Fsp3) is 0.214. The number of amides is 1. The predicted molar refractivity (Wildman–Crippen MR) is 70.2 cm³/mol. The molecule has 2 rings (SSSR count). The number of rotatable bonds is 4. The van der Waals surface area contributed by atoms with Crippen molar-refractivity contribution in [3.63, 3.8) is 0 Å². The minimum atomic E-state index is -0.0261. The minimum Gasteiger partial charge on any atom is -0.358 e. The normalized spacial score (nSPS) is 10.4. The number of nitrogens with one attached hydrogen (secondary N) is 2. The Kier molecular flexibility index (Phi) is 3.28. The van der Waals surface area contributed by atoms with Crippen LogP contribution in [0.3, 0.4) is 0 Å². The average Bonchev–Trinajstić information content (AvgIpc) is 2.65. The first-order valence-corrected chi connectivity index (χ1v) is 5.70. The lowest BCUT2D eigenvalue weighted by Gasteiger charge is -2.03. The molecule has 3 nitrogen and oxygen atoms in total. The monoisotopic (exact) mass is 228 g/mol. The average molecular weight is 228 g/mol. The van der Waals surface area contributed by atoms with E-state index in [9.17, 15) is 4.79 Å². The van der Waals surface area contributed by atoms with Gasteiger partial charge in [-0.3, -0.25) is 4.79 Å². The number of para-hydroxylation sites is 1. The number of H-pyrrole nitrogens is 1. The Bertz CT molecular complexity index is 554. The molecule has 0 saturated heterocycles. The van der Waals surface area contributed by atoms with Crippen molar-refractivity contribution in [1.29, 1.82) is 0 Å². The molecule has 0 unspecified atom stereocenters. The van der Waals surface area contributed by atoms with Crippen LogP contribution in [-0.2, 0) is 0 Å². The Balaban J connectivity index is 2.31. The van der Waals surface area contributed by atoms with Gasteiger partial charge in [-0.1, -0.05) is 24.3 Å². The van der Waals surface area contributed by atoms with Crippen LogP contribution < -0.4 is 5.32 Å². The lowest BCUT2D eigenvalue weighted by Crippen LogP contribution is -2.24. The van der Waals surface area contributed by atoms with Gasteiger partial charge in [-0.05, 0) is 19.4 Å². The van der Waals surface area contributed by atoms with Crippen molar-refractivity contribution in [3.05, 3.63) is 48.2 Å². The van der Waals surface area contributed by atoms with Gasteiger partial charge in [0, 0.05) is 23.1 Å². The smallest absolute Gasteiger partial charge is 0.253 e. The second-order valence-electron chi connectivity index (χ2n) is 4.00. The van der Waals surface area contributed by atoms with Gasteiger partial charge < -0.3 is 10.3 Å². The molecule has 1 aromatic carbocycles. The van der Waals surface area contributed by atoms with Crippen molar-refractivity contribution < 1.29 is 4.79 Å². The maximum Gasteiger partial charge on any atom is 0.253 e. The van der Waals surface area contributed by atoms with Crippen LogP contribution in [-0.4, -0.2) is 17.4 Å². The minimum absolute atomic E-state index is 0.0261. The lowest BCUT2D eigenvalue weighted by molar-refractivity contribution is 0.0955. The molecule has 3 heteroatoms. The van der Waals surface area contributed by atoms with E-state index in [1.165, 1.54) is 0 Å². The van der Waals surface area contributed by atoms with Crippen molar-refractivity contribution in [2.24, 2.45) is 0 Å². The molecule has 88 valence electrons. The molecule has 1 amide bonds. The molecule has 0 spiro atoms. The van der Waals surface area contributed by atoms with Gasteiger partial charge >= 0.3 is 0 Å². The molecule has 2 N–H and O–H groups in total. The van der Waals surface area contributed by atoms with Crippen molar-refractivity contribution in [2.75, 3.05) is 6.54 Å². The van der Waals surface area contributed by atoms with E-state index < -0.39 is 0 Å². The highest BCUT2D eigenvalue weighted by atomic mass is 16.1. The van der Waals surface area contributed by atoms with Crippen molar-refractivity contribution in [1.82, 2.24) is 10.3 Å². The third kappa shape index (κ3) is 2.23. The summed E-state index contributed by atoms with van der Waals surface area (Å²) in [7, 11) is 0. The van der Waals surface area contributed by atoms with E-state index in [1.807, 2.05) is 31.2 Å². The second-order valence-corrected chi connectivity index (χ2v) is 4.00. The number of aromatic nitrogens is 1. The van der Waals surface area contributed by atoms with Crippen LogP contribution in [0.15, 0.2) is 36.9 Å². The number of carbonyl (C=O) groups is 1. The van der Waals surface area contributed by atoms with Gasteiger partial charge in [-0.2, -0.15) is 0 Å². The van der Waals surface area contributed by atoms with E-state index in [2.05, 4.69) is 16.9 Å². The summed E-state index contributed by atoms with van der Waals surface area (Å²) in [5.74, 6) is -0.0261. The highest BCUT2D eigenvalue weighted by Crippen LogP contribution is 2.21. The fourth-order valence-electron chi connectivity index (χ4n) is 1.95. The molecule has 17 heavy (non-hydrogen) atoms. The highest BCUT2D eigenvalue weighted by molar-refractivity contribution is 6.08. The van der Waals surface area contributed by atoms with E-state index in [-0.39, 0.29) is 5.91 Å². The largest absolute Gasteiger partial charge is 0.358 e. The van der Waals surface area contributed by atoms with E-state index in [0.29, 0.717) is 6.54 Å². The second kappa shape index (κ2) is 4.87. The molecule has 0 radical (unpaired) electrons. The lowest BCUT2D eigenvalue weighted by atomic mass is 10.1. The van der Waals surface area contributed by atoms with Gasteiger partial charge in [-0.15, -0.1) is 6.58 Å². The first-order valence-electron chi connectivity index (χ1n) is 5.70. The van der Waals surface area contributed by atoms with Gasteiger partial charge in [0.25, 0.3) is 5.91 Å². The number of aryl methyl sites for hydroxylation is 1. The zero-order valence-electron chi connectivity index (χ0n) is 9.92. The molecule has 1 heterocycles. The third-order valence-electron chi connectivity index (χ3n) is 2.75. The molecule has 0 bridgehead atoms. The molecule has 0 aliphatic carbocycles. The SMILES string of the molecule is C=CCCNC(=O)c1c(C)[nH]c2ccccc12. The van der Waals surface area contributed by atoms with Crippen LogP contribution in [0.5, 0.6) is 0 Å². The standard InChI is InChI=1S/C14H16N2O/c1-3-4-9-15-14(17)13-10(2)16-12-8-6-5-7-11(12)13/h3,5-8,16H,1,4,9H2,2H3,(H,15,17). The van der Waals surface area contributed by atoms with Gasteiger partial charge in [0.05, 0.1) is 5.56 Å². The van der Waals surface area contributed by atoms with Crippen LogP contribution in [0.2, 0.25) is 0 Å². The van der Waals surface area contributed by atoms with Crippen molar-refractivity contribution in [2.45, 2.75) is 13.3 Å². The highest BCUT2D eigenvalue weighted by Gasteiger charge is 2.14. The molecular weight excluding hydrogens is 212 g/mol. The number of aromatic amines is 1. The van der Waals surface area contributed by atoms with Crippen LogP contribution in [0.4, 0.5) is 0 Å².